The van der Waals surface area contributed by atoms with Crippen molar-refractivity contribution in [1.82, 2.24) is 19.9 Å². The van der Waals surface area contributed by atoms with Crippen LogP contribution in [0.2, 0.25) is 0 Å². The summed E-state index contributed by atoms with van der Waals surface area (Å²) in [5.74, 6) is 0.733. The molecular formula is C30H39N7. The van der Waals surface area contributed by atoms with Gasteiger partial charge in [0.15, 0.2) is 0 Å². The monoisotopic (exact) mass is 497 g/mol. The van der Waals surface area contributed by atoms with E-state index in [1.54, 1.807) is 18.7 Å². The van der Waals surface area contributed by atoms with Crippen molar-refractivity contribution in [2.24, 2.45) is 10.7 Å². The molecule has 0 fully saturated rings. The third-order valence-corrected chi connectivity index (χ3v) is 6.17. The first-order chi connectivity index (χ1) is 17.9. The fraction of sp³-hybridized carbons (Fsp3) is 0.333. The van der Waals surface area contributed by atoms with E-state index in [1.165, 1.54) is 0 Å². The topological polar surface area (TPSA) is 92.3 Å². The molecule has 3 aromatic rings. The second kappa shape index (κ2) is 13.5. The summed E-state index contributed by atoms with van der Waals surface area (Å²) in [5, 5.41) is 4.35. The SMILES string of the molecule is C/C=C\C(=C/C)c1cc(Nc2ncnc3cc(/C(C=NCCN(C(C)C)C(C)C)=C/N)ccc23)ccn1. The Labute approximate surface area is 221 Å². The van der Waals surface area contributed by atoms with Gasteiger partial charge in [-0.1, -0.05) is 24.3 Å². The molecule has 0 unspecified atom stereocenters. The lowest BCUT2D eigenvalue weighted by Gasteiger charge is -2.29. The van der Waals surface area contributed by atoms with Crippen molar-refractivity contribution >= 4 is 39.8 Å². The van der Waals surface area contributed by atoms with Crippen molar-refractivity contribution in [3.8, 4) is 0 Å². The maximum absolute atomic E-state index is 5.97. The Hall–Kier alpha value is -3.84. The highest BCUT2D eigenvalue weighted by Gasteiger charge is 2.12. The van der Waals surface area contributed by atoms with Gasteiger partial charge in [0, 0.05) is 53.9 Å². The van der Waals surface area contributed by atoms with Crippen LogP contribution in [0.25, 0.3) is 22.0 Å². The predicted molar refractivity (Wildman–Crippen MR) is 158 cm³/mol. The van der Waals surface area contributed by atoms with E-state index in [4.69, 9.17) is 5.73 Å². The molecule has 3 rings (SSSR count). The number of nitrogens with one attached hydrogen (secondary N) is 1. The molecule has 194 valence electrons. The fourth-order valence-electron chi connectivity index (χ4n) is 4.31. The highest BCUT2D eigenvalue weighted by molar-refractivity contribution is 6.10. The van der Waals surface area contributed by atoms with E-state index in [2.05, 4.69) is 57.9 Å². The maximum Gasteiger partial charge on any atom is 0.141 e. The smallest absolute Gasteiger partial charge is 0.141 e. The number of aliphatic imine (C=N–C) groups is 1. The second-order valence-corrected chi connectivity index (χ2v) is 9.34. The number of hydrogen-bond acceptors (Lipinski definition) is 7. The van der Waals surface area contributed by atoms with Crippen molar-refractivity contribution in [2.75, 3.05) is 18.4 Å². The van der Waals surface area contributed by atoms with Crippen molar-refractivity contribution in [3.05, 3.63) is 78.5 Å². The number of allylic oxidation sites excluding steroid dienone is 5. The highest BCUT2D eigenvalue weighted by Crippen LogP contribution is 2.26. The summed E-state index contributed by atoms with van der Waals surface area (Å²) in [5.41, 5.74) is 11.5. The third kappa shape index (κ3) is 7.33. The Kier molecular flexibility index (Phi) is 10.1. The normalized spacial score (nSPS) is 13.2. The standard InChI is InChI=1S/C30H39N7/c1-7-9-23(8-2)28-17-26(12-13-33-28)36-30-27-11-10-24(16-29(27)34-20-35-30)25(18-31)19-32-14-15-37(21(3)4)22(5)6/h7-13,16-22H,14-15,31H2,1-6H3,(H,33,34,35,36)/b9-7-,23-8+,25-18+,32-19?. The summed E-state index contributed by atoms with van der Waals surface area (Å²) >= 11 is 0. The molecule has 0 spiro atoms. The summed E-state index contributed by atoms with van der Waals surface area (Å²) in [7, 11) is 0. The largest absolute Gasteiger partial charge is 0.404 e. The van der Waals surface area contributed by atoms with Crippen LogP contribution in [0.3, 0.4) is 0 Å². The van der Waals surface area contributed by atoms with Gasteiger partial charge >= 0.3 is 0 Å². The minimum Gasteiger partial charge on any atom is -0.404 e. The van der Waals surface area contributed by atoms with Crippen LogP contribution in [0.4, 0.5) is 11.5 Å². The molecule has 1 aromatic carbocycles. The molecular weight excluding hydrogens is 458 g/mol. The molecule has 0 aliphatic heterocycles. The molecule has 0 aliphatic rings. The fourth-order valence-corrected chi connectivity index (χ4v) is 4.31. The lowest BCUT2D eigenvalue weighted by atomic mass is 10.1. The molecule has 0 saturated heterocycles. The Morgan fingerprint density at radius 3 is 2.49 bits per heavy atom. The zero-order chi connectivity index (χ0) is 26.8. The molecule has 37 heavy (non-hydrogen) atoms. The molecule has 2 aromatic heterocycles. The van der Waals surface area contributed by atoms with Gasteiger partial charge in [-0.05, 0) is 76.9 Å². The van der Waals surface area contributed by atoms with Crippen LogP contribution < -0.4 is 11.1 Å². The summed E-state index contributed by atoms with van der Waals surface area (Å²) in [6, 6.07) is 11.0. The zero-order valence-corrected chi connectivity index (χ0v) is 22.8. The molecule has 7 heteroatoms. The molecule has 3 N–H and O–H groups in total. The first-order valence-electron chi connectivity index (χ1n) is 12.8. The van der Waals surface area contributed by atoms with Gasteiger partial charge in [-0.2, -0.15) is 0 Å². The Bertz CT molecular complexity index is 1290. The molecule has 2 heterocycles. The Morgan fingerprint density at radius 1 is 1.03 bits per heavy atom. The molecule has 0 bridgehead atoms. The number of anilines is 2. The summed E-state index contributed by atoms with van der Waals surface area (Å²) in [6.07, 6.45) is 12.9. The van der Waals surface area contributed by atoms with Gasteiger partial charge in [-0.3, -0.25) is 14.9 Å². The molecule has 0 amide bonds. The van der Waals surface area contributed by atoms with E-state index in [1.807, 2.05) is 68.6 Å². The quantitative estimate of drug-likeness (QED) is 0.241. The van der Waals surface area contributed by atoms with Gasteiger partial charge in [0.05, 0.1) is 17.8 Å². The first kappa shape index (κ1) is 27.7. The van der Waals surface area contributed by atoms with Crippen molar-refractivity contribution in [1.29, 1.82) is 0 Å². The molecule has 7 nitrogen and oxygen atoms in total. The zero-order valence-electron chi connectivity index (χ0n) is 22.8. The van der Waals surface area contributed by atoms with Gasteiger partial charge in [-0.25, -0.2) is 9.97 Å². The minimum absolute atomic E-state index is 0.486. The predicted octanol–water partition coefficient (Wildman–Crippen LogP) is 6.24. The van der Waals surface area contributed by atoms with Gasteiger partial charge in [0.2, 0.25) is 0 Å². The van der Waals surface area contributed by atoms with Crippen molar-refractivity contribution < 1.29 is 0 Å². The van der Waals surface area contributed by atoms with Crippen LogP contribution in [-0.2, 0) is 0 Å². The van der Waals surface area contributed by atoms with Gasteiger partial charge in [0.25, 0.3) is 0 Å². The number of pyridine rings is 1. The Balaban J connectivity index is 1.80. The highest BCUT2D eigenvalue weighted by atomic mass is 15.2. The number of nitrogens with two attached hydrogens (primary N) is 1. The van der Waals surface area contributed by atoms with Gasteiger partial charge in [0.1, 0.15) is 12.1 Å². The van der Waals surface area contributed by atoms with E-state index >= 15 is 0 Å². The number of hydrogen-bond donors (Lipinski definition) is 2. The summed E-state index contributed by atoms with van der Waals surface area (Å²) < 4.78 is 0. The average Bonchev–Trinajstić information content (AvgIpc) is 2.89. The number of nitrogens with zero attached hydrogens (tertiary/aromatic N) is 5. The van der Waals surface area contributed by atoms with Crippen molar-refractivity contribution in [2.45, 2.75) is 53.6 Å². The number of aromatic nitrogens is 3. The third-order valence-electron chi connectivity index (χ3n) is 6.17. The van der Waals surface area contributed by atoms with E-state index in [-0.39, 0.29) is 0 Å². The summed E-state index contributed by atoms with van der Waals surface area (Å²) in [6.45, 7) is 14.5. The van der Waals surface area contributed by atoms with Crippen LogP contribution >= 0.6 is 0 Å². The summed E-state index contributed by atoms with van der Waals surface area (Å²) in [4.78, 5) is 20.6. The molecule has 0 aliphatic carbocycles. The van der Waals surface area contributed by atoms with Gasteiger partial charge < -0.3 is 11.1 Å². The lowest BCUT2D eigenvalue weighted by Crippen LogP contribution is -2.38. The number of fused-ring (bicyclic) bond motifs is 1. The van der Waals surface area contributed by atoms with E-state index < -0.39 is 0 Å². The average molecular weight is 498 g/mol. The second-order valence-electron chi connectivity index (χ2n) is 9.34. The van der Waals surface area contributed by atoms with E-state index in [0.717, 1.165) is 51.4 Å². The van der Waals surface area contributed by atoms with E-state index in [9.17, 15) is 0 Å². The van der Waals surface area contributed by atoms with Gasteiger partial charge in [-0.15, -0.1) is 0 Å². The van der Waals surface area contributed by atoms with Crippen molar-refractivity contribution in [3.63, 3.8) is 0 Å². The van der Waals surface area contributed by atoms with Crippen LogP contribution in [0.5, 0.6) is 0 Å². The Morgan fingerprint density at radius 2 is 1.81 bits per heavy atom. The molecule has 0 saturated carbocycles. The minimum atomic E-state index is 0.486. The van der Waals surface area contributed by atoms with Crippen LogP contribution in [0.15, 0.2) is 72.3 Å². The van der Waals surface area contributed by atoms with Crippen LogP contribution in [-0.4, -0.2) is 51.2 Å². The first-order valence-corrected chi connectivity index (χ1v) is 12.8. The molecule has 0 atom stereocenters. The lowest BCUT2D eigenvalue weighted by molar-refractivity contribution is 0.181. The van der Waals surface area contributed by atoms with E-state index in [0.29, 0.717) is 18.6 Å². The van der Waals surface area contributed by atoms with Crippen LogP contribution in [0, 0.1) is 0 Å². The maximum atomic E-state index is 5.97. The van der Waals surface area contributed by atoms with Crippen LogP contribution in [0.1, 0.15) is 52.8 Å². The number of rotatable bonds is 11. The molecule has 0 radical (unpaired) electrons. The number of benzene rings is 1.